The quantitative estimate of drug-likeness (QED) is 0.722. The molecule has 1 aromatic carbocycles. The zero-order chi connectivity index (χ0) is 13.1. The minimum Gasteiger partial charge on any atom is -0.361 e. The summed E-state index contributed by atoms with van der Waals surface area (Å²) in [5, 5.41) is 9.30. The van der Waals surface area contributed by atoms with Crippen LogP contribution in [0.1, 0.15) is 18.1 Å². The first kappa shape index (κ1) is 12.5. The molecular formula is C16H18N2S. The fourth-order valence-electron chi connectivity index (χ4n) is 2.42. The van der Waals surface area contributed by atoms with Gasteiger partial charge in [0.1, 0.15) is 0 Å². The van der Waals surface area contributed by atoms with Crippen LogP contribution in [0.15, 0.2) is 47.3 Å². The lowest BCUT2D eigenvalue weighted by Crippen LogP contribution is -2.27. The van der Waals surface area contributed by atoms with Gasteiger partial charge in [-0.3, -0.25) is 0 Å². The first-order valence-corrected chi connectivity index (χ1v) is 7.56. The van der Waals surface area contributed by atoms with E-state index in [0.29, 0.717) is 6.04 Å². The number of aromatic amines is 1. The molecule has 0 aliphatic rings. The van der Waals surface area contributed by atoms with Crippen molar-refractivity contribution in [1.82, 2.24) is 10.3 Å². The molecule has 0 fully saturated rings. The van der Waals surface area contributed by atoms with Crippen molar-refractivity contribution < 1.29 is 0 Å². The molecule has 19 heavy (non-hydrogen) atoms. The highest BCUT2D eigenvalue weighted by molar-refractivity contribution is 7.07. The summed E-state index contributed by atoms with van der Waals surface area (Å²) in [4.78, 5) is 3.26. The molecule has 0 saturated carbocycles. The zero-order valence-corrected chi connectivity index (χ0v) is 11.8. The van der Waals surface area contributed by atoms with E-state index in [2.05, 4.69) is 58.3 Å². The minimum atomic E-state index is 0.490. The third-order valence-corrected chi connectivity index (χ3v) is 4.18. The summed E-state index contributed by atoms with van der Waals surface area (Å²) in [5.74, 6) is 0. The van der Waals surface area contributed by atoms with E-state index in [-0.39, 0.29) is 0 Å². The Hall–Kier alpha value is -1.58. The molecule has 1 unspecified atom stereocenters. The summed E-state index contributed by atoms with van der Waals surface area (Å²) >= 11 is 1.77. The van der Waals surface area contributed by atoms with Crippen LogP contribution in [-0.2, 0) is 13.0 Å². The van der Waals surface area contributed by atoms with E-state index in [1.165, 1.54) is 22.0 Å². The third-order valence-electron chi connectivity index (χ3n) is 3.45. The topological polar surface area (TPSA) is 27.8 Å². The SMILES string of the molecule is CC(Cc1ccsc1)NCc1cccc2[nH]ccc12. The summed E-state index contributed by atoms with van der Waals surface area (Å²) in [6.45, 7) is 3.16. The van der Waals surface area contributed by atoms with E-state index in [4.69, 9.17) is 0 Å². The Morgan fingerprint density at radius 2 is 2.21 bits per heavy atom. The van der Waals surface area contributed by atoms with Crippen LogP contribution in [-0.4, -0.2) is 11.0 Å². The minimum absolute atomic E-state index is 0.490. The number of hydrogen-bond acceptors (Lipinski definition) is 2. The first-order valence-electron chi connectivity index (χ1n) is 6.62. The van der Waals surface area contributed by atoms with Crippen molar-refractivity contribution in [1.29, 1.82) is 0 Å². The van der Waals surface area contributed by atoms with Crippen LogP contribution in [0, 0.1) is 0 Å². The molecule has 2 N–H and O–H groups in total. The van der Waals surface area contributed by atoms with Gasteiger partial charge in [0.15, 0.2) is 0 Å². The van der Waals surface area contributed by atoms with Crippen LogP contribution in [0.3, 0.4) is 0 Å². The molecule has 0 aliphatic heterocycles. The molecule has 0 radical (unpaired) electrons. The summed E-state index contributed by atoms with van der Waals surface area (Å²) in [6, 6.07) is 11.3. The van der Waals surface area contributed by atoms with Gasteiger partial charge in [-0.2, -0.15) is 11.3 Å². The highest BCUT2D eigenvalue weighted by Gasteiger charge is 2.06. The smallest absolute Gasteiger partial charge is 0.0457 e. The third kappa shape index (κ3) is 2.88. The number of H-pyrrole nitrogens is 1. The van der Waals surface area contributed by atoms with Crippen LogP contribution in [0.5, 0.6) is 0 Å². The maximum atomic E-state index is 3.61. The van der Waals surface area contributed by atoms with Crippen LogP contribution in [0.4, 0.5) is 0 Å². The highest BCUT2D eigenvalue weighted by atomic mass is 32.1. The zero-order valence-electron chi connectivity index (χ0n) is 11.0. The van der Waals surface area contributed by atoms with E-state index in [9.17, 15) is 0 Å². The molecule has 3 aromatic rings. The second-order valence-electron chi connectivity index (χ2n) is 4.97. The van der Waals surface area contributed by atoms with Gasteiger partial charge in [-0.1, -0.05) is 12.1 Å². The Kier molecular flexibility index (Phi) is 3.67. The fraction of sp³-hybridized carbons (Fsp3) is 0.250. The van der Waals surface area contributed by atoms with E-state index in [0.717, 1.165) is 13.0 Å². The molecule has 0 saturated heterocycles. The lowest BCUT2D eigenvalue weighted by Gasteiger charge is -2.13. The van der Waals surface area contributed by atoms with Gasteiger partial charge in [-0.05, 0) is 53.4 Å². The Balaban J connectivity index is 1.64. The van der Waals surface area contributed by atoms with E-state index in [1.807, 2.05) is 6.20 Å². The first-order chi connectivity index (χ1) is 9.33. The van der Waals surface area contributed by atoms with Crippen LogP contribution in [0.25, 0.3) is 10.9 Å². The predicted octanol–water partition coefficient (Wildman–Crippen LogP) is 3.95. The van der Waals surface area contributed by atoms with Gasteiger partial charge in [0.25, 0.3) is 0 Å². The van der Waals surface area contributed by atoms with Crippen molar-refractivity contribution in [2.75, 3.05) is 0 Å². The second kappa shape index (κ2) is 5.59. The Morgan fingerprint density at radius 1 is 1.26 bits per heavy atom. The Bertz CT molecular complexity index is 640. The van der Waals surface area contributed by atoms with Crippen molar-refractivity contribution in [3.8, 4) is 0 Å². The molecule has 0 bridgehead atoms. The largest absolute Gasteiger partial charge is 0.361 e. The molecule has 2 aromatic heterocycles. The number of nitrogens with one attached hydrogen (secondary N) is 2. The molecule has 2 nitrogen and oxygen atoms in total. The molecule has 0 aliphatic carbocycles. The molecule has 3 heteroatoms. The highest BCUT2D eigenvalue weighted by Crippen LogP contribution is 2.17. The molecule has 0 spiro atoms. The number of thiophene rings is 1. The van der Waals surface area contributed by atoms with Crippen molar-refractivity contribution in [2.24, 2.45) is 0 Å². The summed E-state index contributed by atoms with van der Waals surface area (Å²) in [5.41, 5.74) is 3.99. The summed E-state index contributed by atoms with van der Waals surface area (Å²) in [7, 11) is 0. The summed E-state index contributed by atoms with van der Waals surface area (Å²) < 4.78 is 0. The van der Waals surface area contributed by atoms with Gasteiger partial charge < -0.3 is 10.3 Å². The predicted molar refractivity (Wildman–Crippen MR) is 82.6 cm³/mol. The number of rotatable bonds is 5. The van der Waals surface area contributed by atoms with E-state index >= 15 is 0 Å². The van der Waals surface area contributed by atoms with E-state index < -0.39 is 0 Å². The van der Waals surface area contributed by atoms with Crippen molar-refractivity contribution >= 4 is 22.2 Å². The molecular weight excluding hydrogens is 252 g/mol. The maximum Gasteiger partial charge on any atom is 0.0457 e. The van der Waals surface area contributed by atoms with Crippen LogP contribution >= 0.6 is 11.3 Å². The van der Waals surface area contributed by atoms with Gasteiger partial charge in [0.05, 0.1) is 0 Å². The van der Waals surface area contributed by atoms with Crippen molar-refractivity contribution in [2.45, 2.75) is 25.9 Å². The van der Waals surface area contributed by atoms with E-state index in [1.54, 1.807) is 11.3 Å². The number of fused-ring (bicyclic) bond motifs is 1. The van der Waals surface area contributed by atoms with Crippen LogP contribution < -0.4 is 5.32 Å². The standard InChI is InChI=1S/C16H18N2S/c1-12(9-13-6-8-19-11-13)18-10-14-3-2-4-16-15(14)5-7-17-16/h2-8,11-12,17-18H,9-10H2,1H3. The molecule has 3 rings (SSSR count). The number of hydrogen-bond donors (Lipinski definition) is 2. The molecule has 98 valence electrons. The van der Waals surface area contributed by atoms with Gasteiger partial charge >= 0.3 is 0 Å². The second-order valence-corrected chi connectivity index (χ2v) is 5.75. The van der Waals surface area contributed by atoms with Crippen molar-refractivity contribution in [3.05, 3.63) is 58.4 Å². The normalized spacial score (nSPS) is 12.9. The maximum absolute atomic E-state index is 3.61. The average Bonchev–Trinajstić information content (AvgIpc) is 3.06. The lowest BCUT2D eigenvalue weighted by molar-refractivity contribution is 0.547. The fourth-order valence-corrected chi connectivity index (χ4v) is 3.10. The number of benzene rings is 1. The van der Waals surface area contributed by atoms with Gasteiger partial charge in [-0.25, -0.2) is 0 Å². The van der Waals surface area contributed by atoms with Crippen molar-refractivity contribution in [3.63, 3.8) is 0 Å². The average molecular weight is 270 g/mol. The van der Waals surface area contributed by atoms with Crippen LogP contribution in [0.2, 0.25) is 0 Å². The molecule has 1 atom stereocenters. The summed E-state index contributed by atoms with van der Waals surface area (Å²) in [6.07, 6.45) is 3.09. The molecule has 2 heterocycles. The Morgan fingerprint density at radius 3 is 3.05 bits per heavy atom. The monoisotopic (exact) mass is 270 g/mol. The Labute approximate surface area is 117 Å². The number of aromatic nitrogens is 1. The van der Waals surface area contributed by atoms with Gasteiger partial charge in [-0.15, -0.1) is 0 Å². The molecule has 0 amide bonds. The van der Waals surface area contributed by atoms with Gasteiger partial charge in [0.2, 0.25) is 0 Å². The van der Waals surface area contributed by atoms with Gasteiger partial charge in [0, 0.05) is 29.7 Å². The lowest BCUT2D eigenvalue weighted by atomic mass is 10.1.